The molecule has 2 fully saturated rings. The number of nitrogens with two attached hydrogens (primary N) is 1. The Labute approximate surface area is 141 Å². The van der Waals surface area contributed by atoms with Gasteiger partial charge in [-0.05, 0) is 44.0 Å². The molecule has 2 saturated heterocycles. The zero-order valence-corrected chi connectivity index (χ0v) is 14.1. The molecule has 130 valence electrons. The molecular formula is C17H24N4O3. The summed E-state index contributed by atoms with van der Waals surface area (Å²) in [7, 11) is 1.56. The van der Waals surface area contributed by atoms with Gasteiger partial charge in [0.25, 0.3) is 5.91 Å². The van der Waals surface area contributed by atoms with Crippen molar-refractivity contribution in [1.82, 2.24) is 10.2 Å². The van der Waals surface area contributed by atoms with Gasteiger partial charge in [-0.1, -0.05) is 0 Å². The van der Waals surface area contributed by atoms with Gasteiger partial charge >= 0.3 is 6.03 Å². The fourth-order valence-electron chi connectivity index (χ4n) is 3.50. The lowest BCUT2D eigenvalue weighted by Crippen LogP contribution is -2.34. The van der Waals surface area contributed by atoms with Gasteiger partial charge in [-0.3, -0.25) is 9.69 Å². The van der Waals surface area contributed by atoms with Crippen molar-refractivity contribution in [3.05, 3.63) is 23.8 Å². The Hall–Kier alpha value is -2.28. The summed E-state index contributed by atoms with van der Waals surface area (Å²) < 4.78 is 5.36. The molecule has 2 aliphatic heterocycles. The SMILES string of the molecule is COc1ccc(C(=O)N2CC(CN)CC2C)cc1N1CCNC1=O. The van der Waals surface area contributed by atoms with Crippen molar-refractivity contribution in [2.24, 2.45) is 11.7 Å². The molecule has 0 aliphatic carbocycles. The van der Waals surface area contributed by atoms with Crippen molar-refractivity contribution in [1.29, 1.82) is 0 Å². The van der Waals surface area contributed by atoms with Gasteiger partial charge < -0.3 is 20.7 Å². The van der Waals surface area contributed by atoms with Crippen LogP contribution in [0, 0.1) is 5.92 Å². The lowest BCUT2D eigenvalue weighted by atomic mass is 10.1. The number of methoxy groups -OCH3 is 1. The molecule has 7 nitrogen and oxygen atoms in total. The van der Waals surface area contributed by atoms with Crippen LogP contribution in [0.1, 0.15) is 23.7 Å². The molecule has 3 amide bonds. The minimum absolute atomic E-state index is 0.0260. The molecule has 0 aromatic heterocycles. The molecule has 3 rings (SSSR count). The smallest absolute Gasteiger partial charge is 0.322 e. The van der Waals surface area contributed by atoms with Gasteiger partial charge in [0.1, 0.15) is 5.75 Å². The first kappa shape index (κ1) is 16.6. The number of nitrogens with one attached hydrogen (secondary N) is 1. The second kappa shape index (κ2) is 6.68. The van der Waals surface area contributed by atoms with E-state index in [1.54, 1.807) is 30.2 Å². The molecule has 1 aromatic rings. The zero-order chi connectivity index (χ0) is 17.3. The van der Waals surface area contributed by atoms with Gasteiger partial charge in [0.05, 0.1) is 12.8 Å². The summed E-state index contributed by atoms with van der Waals surface area (Å²) >= 11 is 0. The first-order valence-corrected chi connectivity index (χ1v) is 8.29. The van der Waals surface area contributed by atoms with E-state index in [1.165, 1.54) is 0 Å². The summed E-state index contributed by atoms with van der Waals surface area (Å²) in [4.78, 5) is 28.3. The Morgan fingerprint density at radius 2 is 2.25 bits per heavy atom. The van der Waals surface area contributed by atoms with Crippen LogP contribution in [-0.4, -0.2) is 56.2 Å². The molecule has 7 heteroatoms. The zero-order valence-electron chi connectivity index (χ0n) is 14.1. The highest BCUT2D eigenvalue weighted by Crippen LogP contribution is 2.32. The van der Waals surface area contributed by atoms with Crippen molar-refractivity contribution in [2.75, 3.05) is 38.2 Å². The van der Waals surface area contributed by atoms with Crippen LogP contribution in [-0.2, 0) is 0 Å². The average molecular weight is 332 g/mol. The van der Waals surface area contributed by atoms with Crippen molar-refractivity contribution in [2.45, 2.75) is 19.4 Å². The maximum absolute atomic E-state index is 12.9. The van der Waals surface area contributed by atoms with E-state index in [-0.39, 0.29) is 18.0 Å². The number of urea groups is 1. The first-order valence-electron chi connectivity index (χ1n) is 8.29. The molecule has 0 radical (unpaired) electrons. The number of benzene rings is 1. The van der Waals surface area contributed by atoms with Crippen LogP contribution in [0.15, 0.2) is 18.2 Å². The van der Waals surface area contributed by atoms with E-state index in [0.29, 0.717) is 49.1 Å². The number of ether oxygens (including phenoxy) is 1. The van der Waals surface area contributed by atoms with Crippen molar-refractivity contribution >= 4 is 17.6 Å². The number of hydrogen-bond donors (Lipinski definition) is 2. The van der Waals surface area contributed by atoms with Crippen LogP contribution in [0.4, 0.5) is 10.5 Å². The molecule has 2 aliphatic rings. The Bertz CT molecular complexity index is 649. The van der Waals surface area contributed by atoms with Crippen LogP contribution in [0.5, 0.6) is 5.75 Å². The van der Waals surface area contributed by atoms with Crippen LogP contribution < -0.4 is 20.7 Å². The molecule has 2 atom stereocenters. The highest BCUT2D eigenvalue weighted by molar-refractivity contribution is 6.00. The molecule has 1 aromatic carbocycles. The summed E-state index contributed by atoms with van der Waals surface area (Å²) in [6, 6.07) is 5.24. The molecule has 2 unspecified atom stereocenters. The van der Waals surface area contributed by atoms with Crippen molar-refractivity contribution < 1.29 is 14.3 Å². The highest BCUT2D eigenvalue weighted by atomic mass is 16.5. The van der Waals surface area contributed by atoms with Crippen molar-refractivity contribution in [3.8, 4) is 5.75 Å². The maximum Gasteiger partial charge on any atom is 0.322 e. The second-order valence-electron chi connectivity index (χ2n) is 6.41. The van der Waals surface area contributed by atoms with Crippen LogP contribution in [0.3, 0.4) is 0 Å². The monoisotopic (exact) mass is 332 g/mol. The van der Waals surface area contributed by atoms with Crippen LogP contribution in [0.25, 0.3) is 0 Å². The van der Waals surface area contributed by atoms with E-state index < -0.39 is 0 Å². The molecule has 2 heterocycles. The van der Waals surface area contributed by atoms with Gasteiger partial charge in [-0.2, -0.15) is 0 Å². The van der Waals surface area contributed by atoms with E-state index in [4.69, 9.17) is 10.5 Å². The van der Waals surface area contributed by atoms with E-state index in [2.05, 4.69) is 5.32 Å². The lowest BCUT2D eigenvalue weighted by molar-refractivity contribution is 0.0743. The minimum Gasteiger partial charge on any atom is -0.495 e. The third-order valence-corrected chi connectivity index (χ3v) is 4.83. The van der Waals surface area contributed by atoms with Gasteiger partial charge in [-0.15, -0.1) is 0 Å². The van der Waals surface area contributed by atoms with Gasteiger partial charge in [0.15, 0.2) is 0 Å². The number of hydrogen-bond acceptors (Lipinski definition) is 4. The van der Waals surface area contributed by atoms with Gasteiger partial charge in [0, 0.05) is 31.2 Å². The summed E-state index contributed by atoms with van der Waals surface area (Å²) in [6.45, 7) is 4.47. The molecule has 0 bridgehead atoms. The normalized spacial score (nSPS) is 23.5. The third-order valence-electron chi connectivity index (χ3n) is 4.83. The largest absolute Gasteiger partial charge is 0.495 e. The fraction of sp³-hybridized carbons (Fsp3) is 0.529. The number of carbonyl (C=O) groups is 2. The minimum atomic E-state index is -0.171. The summed E-state index contributed by atoms with van der Waals surface area (Å²) in [5.74, 6) is 0.908. The molecule has 3 N–H and O–H groups in total. The Morgan fingerprint density at radius 1 is 1.46 bits per heavy atom. The van der Waals surface area contributed by atoms with Gasteiger partial charge in [0.2, 0.25) is 0 Å². The van der Waals surface area contributed by atoms with E-state index in [9.17, 15) is 9.59 Å². The van der Waals surface area contributed by atoms with Crippen LogP contribution in [0.2, 0.25) is 0 Å². The summed E-state index contributed by atoms with van der Waals surface area (Å²) in [6.07, 6.45) is 0.930. The topological polar surface area (TPSA) is 87.9 Å². The van der Waals surface area contributed by atoms with E-state index in [0.717, 1.165) is 6.42 Å². The fourth-order valence-corrected chi connectivity index (χ4v) is 3.50. The van der Waals surface area contributed by atoms with Crippen molar-refractivity contribution in [3.63, 3.8) is 0 Å². The first-order chi connectivity index (χ1) is 11.5. The molecule has 0 saturated carbocycles. The number of amides is 3. The second-order valence-corrected chi connectivity index (χ2v) is 6.41. The quantitative estimate of drug-likeness (QED) is 0.862. The Balaban J connectivity index is 1.88. The molecule has 0 spiro atoms. The maximum atomic E-state index is 12.9. The lowest BCUT2D eigenvalue weighted by Gasteiger charge is -2.23. The number of likely N-dealkylation sites (tertiary alicyclic amines) is 1. The number of carbonyl (C=O) groups excluding carboxylic acids is 2. The predicted molar refractivity (Wildman–Crippen MR) is 91.4 cm³/mol. The Morgan fingerprint density at radius 3 is 2.83 bits per heavy atom. The average Bonchev–Trinajstić information content (AvgIpc) is 3.19. The third kappa shape index (κ3) is 2.91. The molecule has 24 heavy (non-hydrogen) atoms. The summed E-state index contributed by atoms with van der Waals surface area (Å²) in [5.41, 5.74) is 6.94. The Kier molecular flexibility index (Phi) is 4.62. The standard InChI is InChI=1S/C17H24N4O3/c1-11-7-12(9-18)10-21(11)16(22)13-3-4-15(24-2)14(8-13)20-6-5-19-17(20)23/h3-4,8,11-12H,5-7,9-10,18H2,1-2H3,(H,19,23). The van der Waals surface area contributed by atoms with E-state index in [1.807, 2.05) is 11.8 Å². The van der Waals surface area contributed by atoms with Crippen LogP contribution >= 0.6 is 0 Å². The number of nitrogens with zero attached hydrogens (tertiary/aromatic N) is 2. The summed E-state index contributed by atoms with van der Waals surface area (Å²) in [5, 5.41) is 2.77. The van der Waals surface area contributed by atoms with Gasteiger partial charge in [-0.25, -0.2) is 4.79 Å². The number of anilines is 1. The van der Waals surface area contributed by atoms with E-state index >= 15 is 0 Å². The highest BCUT2D eigenvalue weighted by Gasteiger charge is 2.33. The number of rotatable bonds is 4. The predicted octanol–water partition coefficient (Wildman–Crippen LogP) is 1.03. The molecular weight excluding hydrogens is 308 g/mol.